The standard InChI is InChI=1S/C60H109N2O36P3/c1-60(24-32-87-33-42(66)20-7-3-5-16-40(64)19-9-12-28-91-58-55(76)52(73)49(70)44(97-58)35-94-100(81,82)83,37-88-30-22-41(65)17-6-2-4-15-39(63)18-8-11-27-90-57-54(75)51(72)48(69)43(96-57)34-93-99(78,79)80)38-89-31-23-47(68)62-26-14-25-61-46(67)21-10-13-29-92-59-56(77)53(74)50(71)45(98-59)36-95-101(84,85)86/h43-45,48-59,69-77H,2-38H2,1H3,(H,61,67)(H,62,68)(H2,78,79,80)(H2,81,82,83)(H2,84,85,86). The first-order valence-electron chi connectivity index (χ1n) is 34.0. The molecule has 16 unspecified atom stereocenters. The fraction of sp³-hybridized carbons (Fsp3) is 0.900. The number of rotatable bonds is 58. The lowest BCUT2D eigenvalue weighted by atomic mass is 9.89. The summed E-state index contributed by atoms with van der Waals surface area (Å²) in [6.45, 7) is 0.442. The van der Waals surface area contributed by atoms with Crippen LogP contribution >= 0.6 is 23.5 Å². The molecule has 16 atom stereocenters. The van der Waals surface area contributed by atoms with Crippen molar-refractivity contribution in [3.05, 3.63) is 0 Å². The van der Waals surface area contributed by atoms with E-state index in [0.717, 1.165) is 0 Å². The second kappa shape index (κ2) is 49.2. The van der Waals surface area contributed by atoms with Gasteiger partial charge in [0.1, 0.15) is 97.2 Å². The first kappa shape index (κ1) is 92.4. The number of nitrogens with one attached hydrogen (secondary N) is 2. The minimum absolute atomic E-state index is 0.000843. The summed E-state index contributed by atoms with van der Waals surface area (Å²) in [7, 11) is -14.7. The number of ether oxygens (including phenoxy) is 9. The molecular formula is C60H109N2O36P3. The average molecular weight is 1530 g/mol. The lowest BCUT2D eigenvalue weighted by Gasteiger charge is -2.40. The Morgan fingerprint density at radius 2 is 0.673 bits per heavy atom. The van der Waals surface area contributed by atoms with Crippen LogP contribution in [0.3, 0.4) is 0 Å². The van der Waals surface area contributed by atoms with Gasteiger partial charge in [-0.3, -0.25) is 42.3 Å². The van der Waals surface area contributed by atoms with Crippen LogP contribution in [0, 0.1) is 5.41 Å². The molecule has 0 saturated carbocycles. The highest BCUT2D eigenvalue weighted by atomic mass is 31.2. The number of amides is 2. The van der Waals surface area contributed by atoms with Gasteiger partial charge in [0.25, 0.3) is 0 Å². The summed E-state index contributed by atoms with van der Waals surface area (Å²) < 4.78 is 96.2. The van der Waals surface area contributed by atoms with Gasteiger partial charge < -0.3 is 129 Å². The summed E-state index contributed by atoms with van der Waals surface area (Å²) in [5.41, 5.74) is -0.681. The number of aliphatic hydroxyl groups is 9. The number of Topliss-reactive ketones (excluding diaryl/α,β-unsaturated/α-hetero) is 4. The molecule has 0 aromatic carbocycles. The van der Waals surface area contributed by atoms with Gasteiger partial charge in [0.15, 0.2) is 24.7 Å². The van der Waals surface area contributed by atoms with Crippen LogP contribution in [-0.2, 0) is 98.7 Å². The van der Waals surface area contributed by atoms with Crippen molar-refractivity contribution < 1.29 is 174 Å². The molecule has 3 rings (SSSR count). The van der Waals surface area contributed by atoms with Crippen molar-refractivity contribution in [1.29, 1.82) is 0 Å². The highest BCUT2D eigenvalue weighted by Gasteiger charge is 2.48. The smallest absolute Gasteiger partial charge is 0.387 e. The van der Waals surface area contributed by atoms with Crippen molar-refractivity contribution in [3.63, 3.8) is 0 Å². The number of aliphatic hydroxyl groups excluding tert-OH is 9. The second-order valence-corrected chi connectivity index (χ2v) is 29.2. The molecule has 3 heterocycles. The zero-order valence-electron chi connectivity index (χ0n) is 56.9. The van der Waals surface area contributed by atoms with Crippen molar-refractivity contribution in [2.45, 2.75) is 247 Å². The highest BCUT2D eigenvalue weighted by molar-refractivity contribution is 7.46. The van der Waals surface area contributed by atoms with Crippen molar-refractivity contribution in [1.82, 2.24) is 10.6 Å². The molecule has 41 heteroatoms. The van der Waals surface area contributed by atoms with Crippen LogP contribution in [0.15, 0.2) is 0 Å². The number of hydrogen-bond acceptors (Lipinski definition) is 30. The summed E-state index contributed by atoms with van der Waals surface area (Å²) in [5.74, 6) is -0.752. The zero-order valence-corrected chi connectivity index (χ0v) is 59.6. The van der Waals surface area contributed by atoms with E-state index in [-0.39, 0.29) is 159 Å². The van der Waals surface area contributed by atoms with Crippen LogP contribution in [0.4, 0.5) is 0 Å². The number of carbonyl (C=O) groups is 6. The minimum atomic E-state index is -4.91. The average Bonchev–Trinajstić information content (AvgIpc) is 0.830. The van der Waals surface area contributed by atoms with Gasteiger partial charge in [-0.1, -0.05) is 19.8 Å². The topological polar surface area (TPSA) is 592 Å². The minimum Gasteiger partial charge on any atom is -0.387 e. The van der Waals surface area contributed by atoms with Crippen molar-refractivity contribution in [3.8, 4) is 0 Å². The van der Waals surface area contributed by atoms with E-state index in [1.807, 2.05) is 6.92 Å². The number of phosphoric acid groups is 3. The molecule has 0 bridgehead atoms. The molecule has 38 nitrogen and oxygen atoms in total. The molecule has 3 aliphatic heterocycles. The van der Waals surface area contributed by atoms with E-state index >= 15 is 0 Å². The third-order valence-corrected chi connectivity index (χ3v) is 17.9. The highest BCUT2D eigenvalue weighted by Crippen LogP contribution is 2.39. The van der Waals surface area contributed by atoms with Gasteiger partial charge in [-0.2, -0.15) is 0 Å². The Morgan fingerprint density at radius 3 is 1.04 bits per heavy atom. The van der Waals surface area contributed by atoms with Crippen LogP contribution in [0.25, 0.3) is 0 Å². The quantitative estimate of drug-likeness (QED) is 0.0239. The normalized spacial score (nSPS) is 26.5. The first-order valence-corrected chi connectivity index (χ1v) is 38.5. The van der Waals surface area contributed by atoms with Gasteiger partial charge in [0, 0.05) is 103 Å². The Bertz CT molecular complexity index is 2280. The van der Waals surface area contributed by atoms with Gasteiger partial charge in [-0.25, -0.2) is 13.7 Å². The maximum atomic E-state index is 12.8. The van der Waals surface area contributed by atoms with Crippen LogP contribution < -0.4 is 10.6 Å². The molecule has 17 N–H and O–H groups in total. The molecule has 590 valence electrons. The van der Waals surface area contributed by atoms with Gasteiger partial charge in [0.05, 0.1) is 46.2 Å². The van der Waals surface area contributed by atoms with Crippen molar-refractivity contribution >= 4 is 58.4 Å². The molecule has 2 amide bonds. The molecule has 0 aromatic rings. The zero-order chi connectivity index (χ0) is 75.2. The van der Waals surface area contributed by atoms with Crippen LogP contribution in [0.5, 0.6) is 0 Å². The molecule has 0 spiro atoms. The maximum Gasteiger partial charge on any atom is 0.469 e. The third kappa shape index (κ3) is 40.7. The Morgan fingerprint density at radius 1 is 0.356 bits per heavy atom. The predicted molar refractivity (Wildman–Crippen MR) is 345 cm³/mol. The van der Waals surface area contributed by atoms with E-state index < -0.39 is 141 Å². The van der Waals surface area contributed by atoms with E-state index in [4.69, 9.17) is 72.0 Å². The number of carbonyl (C=O) groups excluding carboxylic acids is 6. The van der Waals surface area contributed by atoms with Gasteiger partial charge in [-0.05, 0) is 77.0 Å². The van der Waals surface area contributed by atoms with E-state index in [1.54, 1.807) is 0 Å². The summed E-state index contributed by atoms with van der Waals surface area (Å²) in [5, 5.41) is 96.8. The number of phosphoric ester groups is 3. The van der Waals surface area contributed by atoms with E-state index in [9.17, 15) is 88.4 Å². The molecule has 3 fully saturated rings. The SMILES string of the molecule is CC(CCOCC(=O)CCCCCC(=O)CCCCOC1OC(COP(=O)(O)O)C(O)C(O)C1O)(COCCC(=O)CCCCCC(=O)CCCCOC1OC(COP(=O)(O)O)C(O)C(O)C1O)COCCC(=O)NCCCNC(=O)CCCCOC1OC(COP(=O)(O)O)C(O)C(O)C1O. The van der Waals surface area contributed by atoms with Crippen LogP contribution in [0.1, 0.15) is 155 Å². The van der Waals surface area contributed by atoms with Gasteiger partial charge >= 0.3 is 23.5 Å². The number of hydrogen-bond donors (Lipinski definition) is 17. The maximum absolute atomic E-state index is 12.8. The fourth-order valence-corrected chi connectivity index (χ4v) is 11.4. The van der Waals surface area contributed by atoms with Crippen LogP contribution in [-0.4, -0.2) is 295 Å². The number of unbranched alkanes of at least 4 members (excludes halogenated alkanes) is 7. The molecule has 0 radical (unpaired) electrons. The number of ketones is 4. The van der Waals surface area contributed by atoms with Crippen LogP contribution in [0.2, 0.25) is 0 Å². The molecule has 0 aromatic heterocycles. The van der Waals surface area contributed by atoms with Gasteiger partial charge in [-0.15, -0.1) is 0 Å². The summed E-state index contributed by atoms with van der Waals surface area (Å²) in [6, 6.07) is 0. The Hall–Kier alpha value is -2.77. The Balaban J connectivity index is 1.33. The lowest BCUT2D eigenvalue weighted by molar-refractivity contribution is -0.300. The molecule has 3 saturated heterocycles. The molecule has 3 aliphatic rings. The monoisotopic (exact) mass is 1530 g/mol. The Labute approximate surface area is 585 Å². The molecule has 0 aliphatic carbocycles. The summed E-state index contributed by atoms with van der Waals surface area (Å²) >= 11 is 0. The van der Waals surface area contributed by atoms with Crippen molar-refractivity contribution in [2.75, 3.05) is 92.4 Å². The molecular weight excluding hydrogens is 1420 g/mol. The van der Waals surface area contributed by atoms with Gasteiger partial charge in [0.2, 0.25) is 11.8 Å². The first-order chi connectivity index (χ1) is 47.6. The van der Waals surface area contributed by atoms with E-state index in [0.29, 0.717) is 96.3 Å². The predicted octanol–water partition coefficient (Wildman–Crippen LogP) is -1.68. The third-order valence-electron chi connectivity index (χ3n) is 16.4. The van der Waals surface area contributed by atoms with Crippen molar-refractivity contribution in [2.24, 2.45) is 5.41 Å². The molecule has 101 heavy (non-hydrogen) atoms. The fourth-order valence-electron chi connectivity index (χ4n) is 10.4. The Kier molecular flexibility index (Phi) is 45.1. The second-order valence-electron chi connectivity index (χ2n) is 25.4. The summed E-state index contributed by atoms with van der Waals surface area (Å²) in [4.78, 5) is 129. The van der Waals surface area contributed by atoms with E-state index in [2.05, 4.69) is 24.2 Å². The largest absolute Gasteiger partial charge is 0.469 e. The summed E-state index contributed by atoms with van der Waals surface area (Å²) in [6.07, 6.45) is -15.5. The van der Waals surface area contributed by atoms with E-state index in [1.165, 1.54) is 0 Å². The lowest BCUT2D eigenvalue weighted by Crippen LogP contribution is -2.59.